The summed E-state index contributed by atoms with van der Waals surface area (Å²) in [5.74, 6) is 0.358. The van der Waals surface area contributed by atoms with E-state index < -0.39 is 12.3 Å². The molecule has 30 heavy (non-hydrogen) atoms. The van der Waals surface area contributed by atoms with Crippen LogP contribution in [-0.4, -0.2) is 50.9 Å². The van der Waals surface area contributed by atoms with Crippen molar-refractivity contribution in [3.63, 3.8) is 0 Å². The van der Waals surface area contributed by atoms with Gasteiger partial charge in [-0.05, 0) is 51.4 Å². The predicted octanol–water partition coefficient (Wildman–Crippen LogP) is 3.92. The number of rotatable bonds is 5. The van der Waals surface area contributed by atoms with Gasteiger partial charge < -0.3 is 15.2 Å². The van der Waals surface area contributed by atoms with Gasteiger partial charge in [-0.25, -0.2) is 4.39 Å². The van der Waals surface area contributed by atoms with Crippen LogP contribution in [0, 0.1) is 6.92 Å². The molecule has 0 bridgehead atoms. The van der Waals surface area contributed by atoms with Gasteiger partial charge in [0.05, 0.1) is 5.69 Å². The highest BCUT2D eigenvalue weighted by molar-refractivity contribution is 7.14. The number of nitrogens with zero attached hydrogens (tertiary/aromatic N) is 4. The minimum absolute atomic E-state index is 0.0766. The molecular weight excluding hydrogens is 405 g/mol. The lowest BCUT2D eigenvalue weighted by molar-refractivity contribution is 0.0837. The highest BCUT2D eigenvalue weighted by atomic mass is 32.1. The van der Waals surface area contributed by atoms with Gasteiger partial charge in [0.2, 0.25) is 5.88 Å². The number of aryl methyl sites for hydroxylation is 1. The number of aromatic hydroxyl groups is 1. The van der Waals surface area contributed by atoms with Gasteiger partial charge in [-0.15, -0.1) is 20.4 Å². The Morgan fingerprint density at radius 1 is 1.13 bits per heavy atom. The summed E-state index contributed by atoms with van der Waals surface area (Å²) >= 11 is 1.46. The van der Waals surface area contributed by atoms with Crippen LogP contribution in [0.25, 0.3) is 21.8 Å². The van der Waals surface area contributed by atoms with E-state index in [1.54, 1.807) is 24.3 Å². The van der Waals surface area contributed by atoms with E-state index in [4.69, 9.17) is 4.74 Å². The second-order valence-electron chi connectivity index (χ2n) is 7.44. The third-order valence-electron chi connectivity index (χ3n) is 5.32. The van der Waals surface area contributed by atoms with Gasteiger partial charge in [-0.3, -0.25) is 0 Å². The Kier molecular flexibility index (Phi) is 6.19. The number of alkyl halides is 1. The number of benzene rings is 1. The van der Waals surface area contributed by atoms with E-state index in [1.165, 1.54) is 11.3 Å². The lowest BCUT2D eigenvalue weighted by atomic mass is 10.1. The first-order valence-electron chi connectivity index (χ1n) is 9.99. The molecule has 0 radical (unpaired) electrons. The maximum Gasteiger partial charge on any atom is 0.233 e. The lowest BCUT2D eigenvalue weighted by Crippen LogP contribution is -2.35. The number of hydrogen-bond donors (Lipinski definition) is 2. The zero-order valence-corrected chi connectivity index (χ0v) is 17.7. The molecule has 0 amide bonds. The van der Waals surface area contributed by atoms with Crippen molar-refractivity contribution in [2.45, 2.75) is 50.9 Å². The molecule has 1 fully saturated rings. The molecule has 3 aromatic rings. The number of phenolic OH excluding ortho intramolecular Hbond substituents is 1. The third kappa shape index (κ3) is 4.57. The summed E-state index contributed by atoms with van der Waals surface area (Å²) in [5, 5.41) is 31.7. The Morgan fingerprint density at radius 2 is 2.00 bits per heavy atom. The summed E-state index contributed by atoms with van der Waals surface area (Å²) in [6, 6.07) is 8.88. The maximum atomic E-state index is 14.4. The van der Waals surface area contributed by atoms with Crippen LogP contribution >= 0.6 is 11.3 Å². The van der Waals surface area contributed by atoms with Crippen molar-refractivity contribution in [3.05, 3.63) is 35.3 Å². The predicted molar refractivity (Wildman–Crippen MR) is 113 cm³/mol. The number of halogens is 1. The van der Waals surface area contributed by atoms with Gasteiger partial charge in [0.25, 0.3) is 0 Å². The number of phenols is 1. The van der Waals surface area contributed by atoms with E-state index in [9.17, 15) is 9.50 Å². The molecule has 1 aliphatic rings. The number of aromatic nitrogens is 4. The summed E-state index contributed by atoms with van der Waals surface area (Å²) in [4.78, 5) is 0. The van der Waals surface area contributed by atoms with Crippen LogP contribution in [0.2, 0.25) is 0 Å². The second kappa shape index (κ2) is 9.01. The minimum atomic E-state index is -1.02. The lowest BCUT2D eigenvalue weighted by Gasteiger charge is -2.22. The summed E-state index contributed by atoms with van der Waals surface area (Å²) < 4.78 is 20.3. The van der Waals surface area contributed by atoms with E-state index in [-0.39, 0.29) is 17.7 Å². The van der Waals surface area contributed by atoms with Crippen molar-refractivity contribution in [2.24, 2.45) is 0 Å². The van der Waals surface area contributed by atoms with Crippen LogP contribution in [0.15, 0.2) is 30.3 Å². The van der Waals surface area contributed by atoms with E-state index >= 15 is 0 Å². The molecule has 158 valence electrons. The fraction of sp³-hybridized carbons (Fsp3) is 0.429. The molecule has 7 nitrogen and oxygen atoms in total. The molecule has 0 aliphatic heterocycles. The van der Waals surface area contributed by atoms with Crippen LogP contribution in [0.1, 0.15) is 30.7 Å². The highest BCUT2D eigenvalue weighted by Gasteiger charge is 2.29. The van der Waals surface area contributed by atoms with Gasteiger partial charge >= 0.3 is 0 Å². The monoisotopic (exact) mass is 429 g/mol. The van der Waals surface area contributed by atoms with Crippen molar-refractivity contribution in [2.75, 3.05) is 7.05 Å². The Balaban J connectivity index is 1.49. The molecule has 2 aromatic heterocycles. The third-order valence-corrected chi connectivity index (χ3v) is 6.21. The van der Waals surface area contributed by atoms with Crippen molar-refractivity contribution in [1.29, 1.82) is 0 Å². The van der Waals surface area contributed by atoms with Crippen LogP contribution < -0.4 is 10.1 Å². The zero-order valence-electron chi connectivity index (χ0n) is 16.9. The highest BCUT2D eigenvalue weighted by Crippen LogP contribution is 2.34. The quantitative estimate of drug-likeness (QED) is 0.594. The molecule has 0 saturated heterocycles. The fourth-order valence-electron chi connectivity index (χ4n) is 3.65. The Hall–Kier alpha value is -2.65. The van der Waals surface area contributed by atoms with Gasteiger partial charge in [0.1, 0.15) is 28.0 Å². The number of ether oxygens (including phenoxy) is 1. The Bertz CT molecular complexity index is 997. The fourth-order valence-corrected chi connectivity index (χ4v) is 4.34. The molecule has 3 atom stereocenters. The SMILES string of the molecule is CNC1CCCC(F)[C@@H](Oc2ccc(-c3ccc(-c4nnc(C)s4)cc3O)nn2)C1. The van der Waals surface area contributed by atoms with E-state index in [0.717, 1.165) is 28.4 Å². The Morgan fingerprint density at radius 3 is 2.67 bits per heavy atom. The molecule has 2 heterocycles. The summed E-state index contributed by atoms with van der Waals surface area (Å²) in [7, 11) is 1.89. The average Bonchev–Trinajstić information content (AvgIpc) is 3.10. The van der Waals surface area contributed by atoms with Gasteiger partial charge in [0.15, 0.2) is 0 Å². The smallest absolute Gasteiger partial charge is 0.233 e. The molecule has 9 heteroatoms. The Labute approximate surface area is 178 Å². The van der Waals surface area contributed by atoms with Crippen molar-refractivity contribution >= 4 is 11.3 Å². The molecule has 2 N–H and O–H groups in total. The van der Waals surface area contributed by atoms with Crippen LogP contribution in [-0.2, 0) is 0 Å². The van der Waals surface area contributed by atoms with Crippen LogP contribution in [0.3, 0.4) is 0 Å². The number of hydrogen-bond acceptors (Lipinski definition) is 8. The van der Waals surface area contributed by atoms with E-state index in [1.807, 2.05) is 20.0 Å². The van der Waals surface area contributed by atoms with E-state index in [2.05, 4.69) is 25.7 Å². The standard InChI is InChI=1S/C21H24FN5O2S/c1-12-24-27-21(30-12)13-6-7-15(18(28)10-13)17-8-9-20(26-25-17)29-19-11-14(23-2)4-3-5-16(19)22/h6-10,14,16,19,23,28H,3-5,11H2,1-2H3/t14?,16?,19-/m0/s1. The molecule has 2 unspecified atom stereocenters. The molecule has 1 aliphatic carbocycles. The topological polar surface area (TPSA) is 93.0 Å². The number of nitrogens with one attached hydrogen (secondary N) is 1. The van der Waals surface area contributed by atoms with Gasteiger partial charge in [0, 0.05) is 29.7 Å². The minimum Gasteiger partial charge on any atom is -0.507 e. The van der Waals surface area contributed by atoms with Crippen LogP contribution in [0.5, 0.6) is 11.6 Å². The largest absolute Gasteiger partial charge is 0.507 e. The van der Waals surface area contributed by atoms with Gasteiger partial charge in [-0.2, -0.15) is 0 Å². The normalized spacial score (nSPS) is 21.9. The summed E-state index contributed by atoms with van der Waals surface area (Å²) in [6.45, 7) is 1.88. The average molecular weight is 430 g/mol. The first kappa shape index (κ1) is 20.6. The first-order valence-corrected chi connectivity index (χ1v) is 10.8. The van der Waals surface area contributed by atoms with Crippen molar-refractivity contribution in [1.82, 2.24) is 25.7 Å². The van der Waals surface area contributed by atoms with Crippen molar-refractivity contribution in [3.8, 4) is 33.5 Å². The molecular formula is C21H24FN5O2S. The van der Waals surface area contributed by atoms with E-state index in [0.29, 0.717) is 24.1 Å². The molecule has 1 aromatic carbocycles. The maximum absolute atomic E-state index is 14.4. The molecule has 1 saturated carbocycles. The first-order chi connectivity index (χ1) is 14.5. The van der Waals surface area contributed by atoms with Gasteiger partial charge in [-0.1, -0.05) is 17.4 Å². The van der Waals surface area contributed by atoms with Crippen LogP contribution in [0.4, 0.5) is 4.39 Å². The molecule has 4 rings (SSSR count). The second-order valence-corrected chi connectivity index (χ2v) is 8.62. The summed E-state index contributed by atoms with van der Waals surface area (Å²) in [6.07, 6.45) is 1.28. The molecule has 0 spiro atoms. The zero-order chi connectivity index (χ0) is 21.1. The van der Waals surface area contributed by atoms with Crippen molar-refractivity contribution < 1.29 is 14.2 Å². The summed E-state index contributed by atoms with van der Waals surface area (Å²) in [5.41, 5.74) is 1.84.